The number of carbonyl (C=O) groups is 1. The molecule has 3 nitrogen and oxygen atoms in total. The lowest BCUT2D eigenvalue weighted by Gasteiger charge is -2.06. The second kappa shape index (κ2) is 2.38. The van der Waals surface area contributed by atoms with Gasteiger partial charge in [-0.3, -0.25) is 4.79 Å². The Morgan fingerprint density at radius 2 is 2.14 bits per heavy atom. The molecule has 0 aliphatic carbocycles. The molecule has 3 heteroatoms. The Morgan fingerprint density at radius 1 is 1.36 bits per heavy atom. The number of aromatic nitrogens is 1. The van der Waals surface area contributed by atoms with Crippen LogP contribution in [0.2, 0.25) is 0 Å². The van der Waals surface area contributed by atoms with Crippen LogP contribution in [-0.4, -0.2) is 22.8 Å². The summed E-state index contributed by atoms with van der Waals surface area (Å²) in [5.74, 6) is 0.0937. The van der Waals surface area contributed by atoms with E-state index in [1.165, 1.54) is 5.39 Å². The Labute approximate surface area is 81.3 Å². The minimum atomic E-state index is 0.0937. The summed E-state index contributed by atoms with van der Waals surface area (Å²) in [4.78, 5) is 16.6. The van der Waals surface area contributed by atoms with E-state index in [0.717, 1.165) is 23.3 Å². The predicted molar refractivity (Wildman–Crippen MR) is 54.1 cm³/mol. The lowest BCUT2D eigenvalue weighted by molar-refractivity contribution is 0.0812. The summed E-state index contributed by atoms with van der Waals surface area (Å²) in [7, 11) is 1.82. The highest BCUT2D eigenvalue weighted by Gasteiger charge is 2.27. The van der Waals surface area contributed by atoms with Crippen molar-refractivity contribution >= 4 is 16.8 Å². The van der Waals surface area contributed by atoms with Crippen LogP contribution in [0.3, 0.4) is 0 Å². The molecular weight excluding hydrogens is 176 g/mol. The van der Waals surface area contributed by atoms with Gasteiger partial charge < -0.3 is 9.88 Å². The van der Waals surface area contributed by atoms with E-state index in [2.05, 4.69) is 11.1 Å². The maximum atomic E-state index is 11.7. The number of carbonyl (C=O) groups excluding carboxylic acids is 1. The van der Waals surface area contributed by atoms with Gasteiger partial charge in [-0.1, -0.05) is 18.2 Å². The quantitative estimate of drug-likeness (QED) is 0.668. The van der Waals surface area contributed by atoms with Gasteiger partial charge in [0.2, 0.25) is 0 Å². The Morgan fingerprint density at radius 3 is 3.00 bits per heavy atom. The standard InChI is InChI=1S/C11H10N2O/c1-13-6-8-7-4-2-3-5-9(7)12-10(8)11(13)14/h2-5,12H,6H2,1H3. The Balaban J connectivity index is 2.36. The SMILES string of the molecule is CN1Cc2c([nH]c3ccccc23)C1=O. The number of fused-ring (bicyclic) bond motifs is 3. The number of nitrogens with one attached hydrogen (secondary N) is 1. The van der Waals surface area contributed by atoms with Gasteiger partial charge in [-0.2, -0.15) is 0 Å². The summed E-state index contributed by atoms with van der Waals surface area (Å²) in [6, 6.07) is 8.03. The first-order chi connectivity index (χ1) is 6.77. The zero-order chi connectivity index (χ0) is 9.71. The van der Waals surface area contributed by atoms with Crippen LogP contribution in [0.15, 0.2) is 24.3 Å². The van der Waals surface area contributed by atoms with Crippen LogP contribution in [0.4, 0.5) is 0 Å². The van der Waals surface area contributed by atoms with Crippen molar-refractivity contribution < 1.29 is 4.79 Å². The highest BCUT2D eigenvalue weighted by atomic mass is 16.2. The third-order valence-corrected chi connectivity index (χ3v) is 2.77. The molecule has 1 aliphatic rings. The summed E-state index contributed by atoms with van der Waals surface area (Å²) >= 11 is 0. The summed E-state index contributed by atoms with van der Waals surface area (Å²) in [6.45, 7) is 0.720. The molecule has 70 valence electrons. The van der Waals surface area contributed by atoms with Crippen LogP contribution >= 0.6 is 0 Å². The molecule has 1 aromatic carbocycles. The number of rotatable bonds is 0. The first kappa shape index (κ1) is 7.62. The van der Waals surface area contributed by atoms with Gasteiger partial charge in [0.1, 0.15) is 5.69 Å². The molecule has 2 aromatic rings. The second-order valence-corrected chi connectivity index (χ2v) is 3.69. The molecular formula is C11H10N2O. The van der Waals surface area contributed by atoms with E-state index in [4.69, 9.17) is 0 Å². The number of amides is 1. The summed E-state index contributed by atoms with van der Waals surface area (Å²) in [5.41, 5.74) is 2.95. The summed E-state index contributed by atoms with van der Waals surface area (Å²) in [6.07, 6.45) is 0. The molecule has 0 radical (unpaired) electrons. The third kappa shape index (κ3) is 0.789. The molecule has 1 aliphatic heterocycles. The van der Waals surface area contributed by atoms with Crippen molar-refractivity contribution in [2.24, 2.45) is 0 Å². The Kier molecular flexibility index (Phi) is 1.29. The van der Waals surface area contributed by atoms with Crippen LogP contribution in [-0.2, 0) is 6.54 Å². The molecule has 0 bridgehead atoms. The van der Waals surface area contributed by atoms with E-state index in [1.807, 2.05) is 25.2 Å². The minimum Gasteiger partial charge on any atom is -0.350 e. The first-order valence-corrected chi connectivity index (χ1v) is 4.62. The number of hydrogen-bond donors (Lipinski definition) is 1. The number of H-pyrrole nitrogens is 1. The monoisotopic (exact) mass is 186 g/mol. The van der Waals surface area contributed by atoms with Gasteiger partial charge in [0.15, 0.2) is 0 Å². The first-order valence-electron chi connectivity index (χ1n) is 4.62. The number of nitrogens with zero attached hydrogens (tertiary/aromatic N) is 1. The number of benzene rings is 1. The van der Waals surface area contributed by atoms with Gasteiger partial charge in [0.05, 0.1) is 0 Å². The van der Waals surface area contributed by atoms with E-state index < -0.39 is 0 Å². The van der Waals surface area contributed by atoms with E-state index in [-0.39, 0.29) is 5.91 Å². The van der Waals surface area contributed by atoms with Crippen LogP contribution in [0, 0.1) is 0 Å². The number of aromatic amines is 1. The highest BCUT2D eigenvalue weighted by molar-refractivity contribution is 6.03. The fraction of sp³-hybridized carbons (Fsp3) is 0.182. The molecule has 0 atom stereocenters. The van der Waals surface area contributed by atoms with Crippen molar-refractivity contribution in [3.05, 3.63) is 35.5 Å². The highest BCUT2D eigenvalue weighted by Crippen LogP contribution is 2.28. The Bertz CT molecular complexity index is 527. The van der Waals surface area contributed by atoms with Crippen LogP contribution in [0.1, 0.15) is 16.1 Å². The average molecular weight is 186 g/mol. The fourth-order valence-electron chi connectivity index (χ4n) is 2.05. The average Bonchev–Trinajstić information content (AvgIpc) is 2.67. The van der Waals surface area contributed by atoms with Crippen molar-refractivity contribution in [3.63, 3.8) is 0 Å². The van der Waals surface area contributed by atoms with E-state index in [1.54, 1.807) is 4.90 Å². The molecule has 3 rings (SSSR count). The van der Waals surface area contributed by atoms with Gasteiger partial charge in [-0.15, -0.1) is 0 Å². The van der Waals surface area contributed by atoms with Gasteiger partial charge in [-0.25, -0.2) is 0 Å². The molecule has 2 heterocycles. The molecule has 1 N–H and O–H groups in total. The maximum absolute atomic E-state index is 11.7. The van der Waals surface area contributed by atoms with Crippen LogP contribution in [0.5, 0.6) is 0 Å². The molecule has 1 amide bonds. The van der Waals surface area contributed by atoms with Gasteiger partial charge in [0, 0.05) is 30.1 Å². The number of para-hydroxylation sites is 1. The lowest BCUT2D eigenvalue weighted by atomic mass is 10.1. The molecule has 0 spiro atoms. The molecule has 0 saturated heterocycles. The molecule has 14 heavy (non-hydrogen) atoms. The van der Waals surface area contributed by atoms with Gasteiger partial charge >= 0.3 is 0 Å². The van der Waals surface area contributed by atoms with Crippen molar-refractivity contribution in [2.45, 2.75) is 6.54 Å². The molecule has 0 saturated carbocycles. The van der Waals surface area contributed by atoms with Crippen LogP contribution in [0.25, 0.3) is 10.9 Å². The van der Waals surface area contributed by atoms with Gasteiger partial charge in [0.25, 0.3) is 5.91 Å². The third-order valence-electron chi connectivity index (χ3n) is 2.77. The topological polar surface area (TPSA) is 36.1 Å². The maximum Gasteiger partial charge on any atom is 0.270 e. The minimum absolute atomic E-state index is 0.0937. The normalized spacial score (nSPS) is 15.2. The molecule has 1 aromatic heterocycles. The van der Waals surface area contributed by atoms with E-state index >= 15 is 0 Å². The van der Waals surface area contributed by atoms with Gasteiger partial charge in [-0.05, 0) is 6.07 Å². The zero-order valence-electron chi connectivity index (χ0n) is 7.87. The Hall–Kier alpha value is -1.77. The largest absolute Gasteiger partial charge is 0.350 e. The zero-order valence-corrected chi connectivity index (χ0v) is 7.87. The van der Waals surface area contributed by atoms with Crippen molar-refractivity contribution in [2.75, 3.05) is 7.05 Å². The van der Waals surface area contributed by atoms with Crippen LogP contribution < -0.4 is 0 Å². The lowest BCUT2D eigenvalue weighted by Crippen LogP contribution is -2.18. The predicted octanol–water partition coefficient (Wildman–Crippen LogP) is 1.75. The summed E-state index contributed by atoms with van der Waals surface area (Å²) < 4.78 is 0. The van der Waals surface area contributed by atoms with Crippen molar-refractivity contribution in [1.82, 2.24) is 9.88 Å². The van der Waals surface area contributed by atoms with Crippen molar-refractivity contribution in [3.8, 4) is 0 Å². The molecule has 0 fully saturated rings. The number of hydrogen-bond acceptors (Lipinski definition) is 1. The fourth-order valence-corrected chi connectivity index (χ4v) is 2.05. The smallest absolute Gasteiger partial charge is 0.270 e. The van der Waals surface area contributed by atoms with E-state index in [0.29, 0.717) is 0 Å². The van der Waals surface area contributed by atoms with E-state index in [9.17, 15) is 4.79 Å². The van der Waals surface area contributed by atoms with Crippen molar-refractivity contribution in [1.29, 1.82) is 0 Å². The molecule has 0 unspecified atom stereocenters. The summed E-state index contributed by atoms with van der Waals surface area (Å²) in [5, 5.41) is 1.17. The second-order valence-electron chi connectivity index (χ2n) is 3.69.